The molecule has 0 atom stereocenters. The molecular weight excluding hydrogens is 539 g/mol. The monoisotopic (exact) mass is 574 g/mol. The van der Waals surface area contributed by atoms with Crippen LogP contribution in [0.5, 0.6) is 5.75 Å². The number of thioether (sulfide) groups is 1. The van der Waals surface area contributed by atoms with E-state index in [1.165, 1.54) is 23.9 Å². The Balaban J connectivity index is 1.43. The number of rotatable bonds is 5. The summed E-state index contributed by atoms with van der Waals surface area (Å²) in [5, 5.41) is 14.6. The van der Waals surface area contributed by atoms with Crippen LogP contribution < -0.4 is 0 Å². The molecule has 1 aromatic heterocycles. The summed E-state index contributed by atoms with van der Waals surface area (Å²) < 4.78 is 13.3. The summed E-state index contributed by atoms with van der Waals surface area (Å²) in [5.41, 5.74) is 3.44. The fourth-order valence-electron chi connectivity index (χ4n) is 4.73. The van der Waals surface area contributed by atoms with Crippen LogP contribution in [-0.4, -0.2) is 39.7 Å². The van der Waals surface area contributed by atoms with E-state index in [-0.39, 0.29) is 28.3 Å². The van der Waals surface area contributed by atoms with Gasteiger partial charge in [-0.3, -0.25) is 4.79 Å². The van der Waals surface area contributed by atoms with Crippen molar-refractivity contribution in [3.05, 3.63) is 62.7 Å². The summed E-state index contributed by atoms with van der Waals surface area (Å²) >= 11 is 9.12. The van der Waals surface area contributed by atoms with E-state index in [4.69, 9.17) is 16.6 Å². The highest BCUT2D eigenvalue weighted by Gasteiger charge is 2.29. The van der Waals surface area contributed by atoms with Gasteiger partial charge in [0, 0.05) is 46.0 Å². The van der Waals surface area contributed by atoms with Crippen LogP contribution in [0, 0.1) is 5.82 Å². The Kier molecular flexibility index (Phi) is 8.51. The van der Waals surface area contributed by atoms with Crippen LogP contribution >= 0.6 is 34.7 Å². The fourth-order valence-corrected chi connectivity index (χ4v) is 6.89. The van der Waals surface area contributed by atoms with Crippen molar-refractivity contribution in [2.45, 2.75) is 76.0 Å². The van der Waals surface area contributed by atoms with E-state index in [1.807, 2.05) is 4.90 Å². The Morgan fingerprint density at radius 2 is 1.71 bits per heavy atom. The Labute approximate surface area is 238 Å². The number of phenols is 1. The molecule has 4 nitrogen and oxygen atoms in total. The largest absolute Gasteiger partial charge is 0.507 e. The average Bonchev–Trinajstić information content (AvgIpc) is 3.32. The molecule has 1 fully saturated rings. The predicted octanol–water partition coefficient (Wildman–Crippen LogP) is 8.40. The van der Waals surface area contributed by atoms with Gasteiger partial charge in [0.25, 0.3) is 0 Å². The lowest BCUT2D eigenvalue weighted by Crippen LogP contribution is -2.38. The lowest BCUT2D eigenvalue weighted by atomic mass is 9.78. The third-order valence-corrected chi connectivity index (χ3v) is 9.48. The Morgan fingerprint density at radius 1 is 1.11 bits per heavy atom. The van der Waals surface area contributed by atoms with Crippen molar-refractivity contribution in [3.63, 3.8) is 0 Å². The number of hydrogen-bond donors (Lipinski definition) is 1. The van der Waals surface area contributed by atoms with Crippen LogP contribution in [0.2, 0.25) is 5.02 Å². The summed E-state index contributed by atoms with van der Waals surface area (Å²) in [6.45, 7) is 14.1. The molecule has 1 saturated heterocycles. The molecule has 1 aliphatic rings. The number of phenolic OH excluding ortho intramolecular Hbond substituents is 1. The maximum atomic E-state index is 13.3. The zero-order chi connectivity index (χ0) is 27.8. The second-order valence-electron chi connectivity index (χ2n) is 12.0. The highest BCUT2D eigenvalue weighted by molar-refractivity contribution is 8.00. The van der Waals surface area contributed by atoms with Crippen LogP contribution in [0.1, 0.15) is 76.4 Å². The normalized spacial score (nSPS) is 15.2. The summed E-state index contributed by atoms with van der Waals surface area (Å²) in [6.07, 6.45) is 1.74. The molecule has 0 saturated carbocycles. The summed E-state index contributed by atoms with van der Waals surface area (Å²) in [6, 6.07) is 8.41. The van der Waals surface area contributed by atoms with Gasteiger partial charge in [-0.25, -0.2) is 9.37 Å². The number of hydrogen-bond acceptors (Lipinski definition) is 5. The van der Waals surface area contributed by atoms with Gasteiger partial charge in [-0.15, -0.1) is 23.1 Å². The van der Waals surface area contributed by atoms with E-state index in [0.29, 0.717) is 34.7 Å². The van der Waals surface area contributed by atoms with E-state index in [9.17, 15) is 14.3 Å². The van der Waals surface area contributed by atoms with Crippen molar-refractivity contribution in [2.24, 2.45) is 0 Å². The van der Waals surface area contributed by atoms with E-state index in [0.717, 1.165) is 40.2 Å². The first kappa shape index (κ1) is 28.9. The number of benzene rings is 2. The van der Waals surface area contributed by atoms with Crippen LogP contribution in [0.25, 0.3) is 11.3 Å². The van der Waals surface area contributed by atoms with Crippen molar-refractivity contribution in [2.75, 3.05) is 18.8 Å². The third-order valence-electron chi connectivity index (χ3n) is 6.99. The number of thiazole rings is 1. The predicted molar refractivity (Wildman–Crippen MR) is 157 cm³/mol. The number of halogens is 2. The van der Waals surface area contributed by atoms with E-state index >= 15 is 0 Å². The van der Waals surface area contributed by atoms with Gasteiger partial charge in [0.05, 0.1) is 21.5 Å². The van der Waals surface area contributed by atoms with E-state index < -0.39 is 0 Å². The minimum atomic E-state index is -0.382. The van der Waals surface area contributed by atoms with Crippen molar-refractivity contribution in [1.29, 1.82) is 0 Å². The number of nitrogens with zero attached hydrogens (tertiary/aromatic N) is 2. The van der Waals surface area contributed by atoms with Gasteiger partial charge in [0.2, 0.25) is 5.91 Å². The molecule has 1 N–H and O–H groups in total. The number of piperidine rings is 1. The zero-order valence-corrected chi connectivity index (χ0v) is 25.3. The van der Waals surface area contributed by atoms with Crippen LogP contribution in [0.3, 0.4) is 0 Å². The number of carbonyl (C=O) groups excluding carboxylic acids is 1. The van der Waals surface area contributed by atoms with Crippen LogP contribution in [0.15, 0.2) is 40.6 Å². The molecule has 204 valence electrons. The minimum Gasteiger partial charge on any atom is -0.507 e. The molecule has 0 bridgehead atoms. The summed E-state index contributed by atoms with van der Waals surface area (Å²) in [5.74, 6) is 0.666. The third kappa shape index (κ3) is 6.54. The van der Waals surface area contributed by atoms with Gasteiger partial charge >= 0.3 is 0 Å². The molecule has 2 heterocycles. The van der Waals surface area contributed by atoms with Crippen molar-refractivity contribution < 1.29 is 14.3 Å². The second kappa shape index (κ2) is 11.2. The first-order chi connectivity index (χ1) is 17.7. The molecule has 1 aliphatic heterocycles. The van der Waals surface area contributed by atoms with E-state index in [2.05, 4.69) is 59.1 Å². The Bertz CT molecular complexity index is 1280. The van der Waals surface area contributed by atoms with Crippen molar-refractivity contribution in [1.82, 2.24) is 9.88 Å². The number of aromatic nitrogens is 1. The highest BCUT2D eigenvalue weighted by Crippen LogP contribution is 2.43. The van der Waals surface area contributed by atoms with Crippen LogP contribution in [-0.2, 0) is 15.6 Å². The highest BCUT2D eigenvalue weighted by atomic mass is 35.5. The topological polar surface area (TPSA) is 53.4 Å². The van der Waals surface area contributed by atoms with Gasteiger partial charge in [-0.2, -0.15) is 0 Å². The molecule has 8 heteroatoms. The Hall–Kier alpha value is -2.09. The van der Waals surface area contributed by atoms with Crippen molar-refractivity contribution >= 4 is 40.6 Å². The first-order valence-corrected chi connectivity index (χ1v) is 15.2. The number of likely N-dealkylation sites (tertiary alicyclic amines) is 1. The zero-order valence-electron chi connectivity index (χ0n) is 22.9. The quantitative estimate of drug-likeness (QED) is 0.311. The summed E-state index contributed by atoms with van der Waals surface area (Å²) in [7, 11) is 0. The van der Waals surface area contributed by atoms with Crippen molar-refractivity contribution in [3.8, 4) is 17.0 Å². The lowest BCUT2D eigenvalue weighted by Gasteiger charge is -2.31. The van der Waals surface area contributed by atoms with Crippen LogP contribution in [0.4, 0.5) is 4.39 Å². The molecule has 0 radical (unpaired) electrons. The number of carbonyl (C=O) groups is 1. The van der Waals surface area contributed by atoms with Gasteiger partial charge in [0.15, 0.2) is 0 Å². The van der Waals surface area contributed by atoms with Gasteiger partial charge in [-0.1, -0.05) is 53.1 Å². The average molecular weight is 575 g/mol. The number of amides is 1. The maximum Gasteiger partial charge on any atom is 0.232 e. The van der Waals surface area contributed by atoms with Gasteiger partial charge < -0.3 is 10.0 Å². The second-order valence-corrected chi connectivity index (χ2v) is 14.3. The lowest BCUT2D eigenvalue weighted by molar-refractivity contribution is -0.129. The maximum absolute atomic E-state index is 13.3. The molecule has 0 spiro atoms. The molecule has 4 rings (SSSR count). The Morgan fingerprint density at radius 3 is 2.26 bits per heavy atom. The smallest absolute Gasteiger partial charge is 0.232 e. The first-order valence-electron chi connectivity index (χ1n) is 12.9. The fraction of sp³-hybridized carbons (Fsp3) is 0.467. The van der Waals surface area contributed by atoms with Gasteiger partial charge in [-0.05, 0) is 54.0 Å². The summed E-state index contributed by atoms with van der Waals surface area (Å²) in [4.78, 5) is 20.4. The number of aromatic hydroxyl groups is 1. The van der Waals surface area contributed by atoms with E-state index in [1.54, 1.807) is 17.4 Å². The standard InChI is InChI=1S/C30H36ClFN2O2S2/c1-29(2,3)21-13-19(14-22(27(21)36)30(4,5)6)24-16-38-28(33-24)18-9-11-34(12-10-18)26(35)17-37-25-8-7-20(32)15-23(25)31/h7-8,13-16,18,36H,9-12,17H2,1-6H3. The molecule has 1 amide bonds. The minimum absolute atomic E-state index is 0.0715. The molecule has 38 heavy (non-hydrogen) atoms. The SMILES string of the molecule is CC(C)(C)c1cc(-c2csc(C3CCN(C(=O)CSc4ccc(F)cc4Cl)CC3)n2)cc(C(C)(C)C)c1O. The molecule has 2 aromatic carbocycles. The molecule has 3 aromatic rings. The van der Waals surface area contributed by atoms with Gasteiger partial charge in [0.1, 0.15) is 11.6 Å². The molecule has 0 aliphatic carbocycles. The molecular formula is C30H36ClFN2O2S2. The molecule has 0 unspecified atom stereocenters.